The van der Waals surface area contributed by atoms with Crippen LogP contribution in [-0.4, -0.2) is 84.3 Å². The van der Waals surface area contributed by atoms with E-state index in [0.717, 1.165) is 70.3 Å². The normalized spacial score (nSPS) is 32.2. The van der Waals surface area contributed by atoms with Gasteiger partial charge in [0.1, 0.15) is 11.5 Å². The second kappa shape index (κ2) is 8.00. The molecule has 0 bridgehead atoms. The first-order valence-corrected chi connectivity index (χ1v) is 11.4. The summed E-state index contributed by atoms with van der Waals surface area (Å²) < 4.78 is 8.52. The summed E-state index contributed by atoms with van der Waals surface area (Å²) in [5.74, 6) is 3.09. The van der Waals surface area contributed by atoms with Gasteiger partial charge in [-0.15, -0.1) is 0 Å². The fraction of sp³-hybridized carbons (Fsp3) is 0.818. The van der Waals surface area contributed by atoms with Crippen LogP contribution in [0.3, 0.4) is 0 Å². The zero-order valence-corrected chi connectivity index (χ0v) is 17.8. The van der Waals surface area contributed by atoms with E-state index < -0.39 is 0 Å². The molecule has 5 rings (SSSR count). The quantitative estimate of drug-likeness (QED) is 0.804. The maximum atomic E-state index is 13.2. The van der Waals surface area contributed by atoms with E-state index in [9.17, 15) is 4.79 Å². The number of likely N-dealkylation sites (tertiary alicyclic amines) is 1. The fourth-order valence-electron chi connectivity index (χ4n) is 5.46. The highest BCUT2D eigenvalue weighted by molar-refractivity contribution is 5.92. The number of carbonyl (C=O) groups excluding carboxylic acids is 1. The molecule has 0 unspecified atom stereocenters. The molecule has 2 saturated carbocycles. The summed E-state index contributed by atoms with van der Waals surface area (Å²) in [5.41, 5.74) is 0.631. The molecule has 160 valence electrons. The van der Waals surface area contributed by atoms with Gasteiger partial charge >= 0.3 is 0 Å². The number of likely N-dealkylation sites (N-methyl/N-ethyl adjacent to an activating group) is 1. The van der Waals surface area contributed by atoms with Crippen LogP contribution in [0.1, 0.15) is 42.0 Å². The van der Waals surface area contributed by atoms with Crippen LogP contribution in [0.15, 0.2) is 6.20 Å². The zero-order chi connectivity index (χ0) is 20.0. The average Bonchev–Trinajstić information content (AvgIpc) is 3.38. The fourth-order valence-corrected chi connectivity index (χ4v) is 5.46. The van der Waals surface area contributed by atoms with Gasteiger partial charge in [-0.25, -0.2) is 4.98 Å². The van der Waals surface area contributed by atoms with Crippen LogP contribution < -0.4 is 5.32 Å². The third-order valence-corrected chi connectivity index (χ3v) is 7.41. The smallest absolute Gasteiger partial charge is 0.274 e. The minimum atomic E-state index is 0.116. The van der Waals surface area contributed by atoms with E-state index in [1.54, 1.807) is 0 Å². The van der Waals surface area contributed by atoms with Crippen LogP contribution in [0, 0.1) is 17.8 Å². The minimum absolute atomic E-state index is 0.116. The Hall–Kier alpha value is -1.44. The third kappa shape index (κ3) is 4.09. The first kappa shape index (κ1) is 19.5. The molecular formula is C22H35N5O2. The molecule has 2 aliphatic carbocycles. The van der Waals surface area contributed by atoms with E-state index in [1.165, 1.54) is 12.8 Å². The summed E-state index contributed by atoms with van der Waals surface area (Å²) in [6.07, 6.45) is 8.03. The molecule has 29 heavy (non-hydrogen) atoms. The van der Waals surface area contributed by atoms with Gasteiger partial charge in [0, 0.05) is 58.0 Å². The highest BCUT2D eigenvalue weighted by Gasteiger charge is 2.45. The van der Waals surface area contributed by atoms with Gasteiger partial charge in [-0.05, 0) is 57.5 Å². The second-order valence-corrected chi connectivity index (χ2v) is 9.78. The second-order valence-electron chi connectivity index (χ2n) is 9.78. The van der Waals surface area contributed by atoms with Crippen molar-refractivity contribution < 1.29 is 9.53 Å². The van der Waals surface area contributed by atoms with Crippen LogP contribution >= 0.6 is 0 Å². The summed E-state index contributed by atoms with van der Waals surface area (Å²) in [7, 11) is 4.34. The van der Waals surface area contributed by atoms with Gasteiger partial charge in [-0.2, -0.15) is 0 Å². The van der Waals surface area contributed by atoms with Crippen LogP contribution in [-0.2, 0) is 17.7 Å². The molecule has 1 aromatic heterocycles. The highest BCUT2D eigenvalue weighted by Crippen LogP contribution is 2.40. The number of imidazole rings is 1. The van der Waals surface area contributed by atoms with E-state index in [0.29, 0.717) is 29.7 Å². The molecule has 7 heteroatoms. The molecule has 4 atom stereocenters. The number of nitrogens with zero attached hydrogens (tertiary/aromatic N) is 4. The maximum absolute atomic E-state index is 13.2. The number of hydrogen-bond acceptors (Lipinski definition) is 5. The predicted octanol–water partition coefficient (Wildman–Crippen LogP) is 1.24. The van der Waals surface area contributed by atoms with E-state index >= 15 is 0 Å². The number of fused-ring (bicyclic) bond motifs is 2. The molecule has 1 amide bonds. The topological polar surface area (TPSA) is 62.6 Å². The van der Waals surface area contributed by atoms with Gasteiger partial charge < -0.3 is 24.4 Å². The molecule has 0 spiro atoms. The van der Waals surface area contributed by atoms with Crippen molar-refractivity contribution in [2.45, 2.75) is 50.8 Å². The Balaban J connectivity index is 1.25. The van der Waals surface area contributed by atoms with E-state index in [4.69, 9.17) is 4.74 Å². The molecule has 1 aromatic rings. The van der Waals surface area contributed by atoms with E-state index in [-0.39, 0.29) is 5.91 Å². The van der Waals surface area contributed by atoms with Crippen molar-refractivity contribution in [1.29, 1.82) is 0 Å². The van der Waals surface area contributed by atoms with Crippen molar-refractivity contribution >= 4 is 5.91 Å². The molecule has 2 aliphatic heterocycles. The first-order valence-electron chi connectivity index (χ1n) is 11.4. The van der Waals surface area contributed by atoms with Gasteiger partial charge in [0.25, 0.3) is 5.91 Å². The summed E-state index contributed by atoms with van der Waals surface area (Å²) in [6, 6.07) is 0.459. The Morgan fingerprint density at radius 2 is 2.03 bits per heavy atom. The van der Waals surface area contributed by atoms with Crippen molar-refractivity contribution in [3.8, 4) is 0 Å². The van der Waals surface area contributed by atoms with Gasteiger partial charge in [0.2, 0.25) is 0 Å². The summed E-state index contributed by atoms with van der Waals surface area (Å²) in [6.45, 7) is 5.42. The SMILES string of the molecule is CN(C)[C@@H]1C[C@@H]2CN(C(=O)c3cn4c(n3)CCNCC4)C[C@@H]2C[C@H]1OCC1CC1. The third-order valence-electron chi connectivity index (χ3n) is 7.41. The lowest BCUT2D eigenvalue weighted by atomic mass is 9.77. The first-order chi connectivity index (χ1) is 14.1. The van der Waals surface area contributed by atoms with Crippen LogP contribution in [0.25, 0.3) is 0 Å². The number of rotatable bonds is 5. The number of aromatic nitrogens is 2. The molecule has 7 nitrogen and oxygen atoms in total. The van der Waals surface area contributed by atoms with Crippen molar-refractivity contribution in [1.82, 2.24) is 24.7 Å². The van der Waals surface area contributed by atoms with Crippen molar-refractivity contribution in [3.63, 3.8) is 0 Å². The van der Waals surface area contributed by atoms with Crippen LogP contribution in [0.5, 0.6) is 0 Å². The Kier molecular flexibility index (Phi) is 5.39. The van der Waals surface area contributed by atoms with Gasteiger partial charge in [-0.3, -0.25) is 4.79 Å². The zero-order valence-electron chi connectivity index (χ0n) is 17.8. The number of carbonyl (C=O) groups is 1. The van der Waals surface area contributed by atoms with Crippen molar-refractivity contribution in [2.75, 3.05) is 46.9 Å². The molecule has 1 N–H and O–H groups in total. The number of nitrogens with one attached hydrogen (secondary N) is 1. The van der Waals surface area contributed by atoms with Gasteiger partial charge in [0.15, 0.2) is 0 Å². The monoisotopic (exact) mass is 401 g/mol. The predicted molar refractivity (Wildman–Crippen MR) is 111 cm³/mol. The van der Waals surface area contributed by atoms with E-state index in [2.05, 4.69) is 38.8 Å². The molecule has 3 fully saturated rings. The van der Waals surface area contributed by atoms with Crippen LogP contribution in [0.4, 0.5) is 0 Å². The Bertz CT molecular complexity index is 720. The van der Waals surface area contributed by atoms with Gasteiger partial charge in [-0.1, -0.05) is 0 Å². The molecule has 4 aliphatic rings. The molecule has 0 radical (unpaired) electrons. The van der Waals surface area contributed by atoms with Gasteiger partial charge in [0.05, 0.1) is 6.10 Å². The summed E-state index contributed by atoms with van der Waals surface area (Å²) in [5, 5.41) is 3.38. The molecular weight excluding hydrogens is 366 g/mol. The number of ether oxygens (including phenoxy) is 1. The average molecular weight is 402 g/mol. The van der Waals surface area contributed by atoms with Crippen molar-refractivity contribution in [3.05, 3.63) is 17.7 Å². The Labute approximate surface area is 173 Å². The summed E-state index contributed by atoms with van der Waals surface area (Å²) in [4.78, 5) is 22.3. The minimum Gasteiger partial charge on any atom is -0.376 e. The number of amides is 1. The molecule has 0 aromatic carbocycles. The van der Waals surface area contributed by atoms with Crippen LogP contribution in [0.2, 0.25) is 0 Å². The lowest BCUT2D eigenvalue weighted by Gasteiger charge is -2.41. The largest absolute Gasteiger partial charge is 0.376 e. The summed E-state index contributed by atoms with van der Waals surface area (Å²) >= 11 is 0. The number of hydrogen-bond donors (Lipinski definition) is 1. The standard InChI is InChI=1S/C22H35N5O2/c1-25(2)19-9-16-11-27(12-17(16)10-20(19)29-14-15-3-4-15)22(28)18-13-26-8-7-23-6-5-21(26)24-18/h13,15-17,19-20,23H,3-12,14H2,1-2H3/t16-,17+,19-,20-/m1/s1. The Morgan fingerprint density at radius 3 is 2.79 bits per heavy atom. The van der Waals surface area contributed by atoms with E-state index in [1.807, 2.05) is 6.20 Å². The molecule has 3 heterocycles. The highest BCUT2D eigenvalue weighted by atomic mass is 16.5. The van der Waals surface area contributed by atoms with Crippen molar-refractivity contribution in [2.24, 2.45) is 17.8 Å². The lowest BCUT2D eigenvalue weighted by Crippen LogP contribution is -2.48. The maximum Gasteiger partial charge on any atom is 0.274 e. The Morgan fingerprint density at radius 1 is 1.24 bits per heavy atom. The lowest BCUT2D eigenvalue weighted by molar-refractivity contribution is -0.0493. The molecule has 1 saturated heterocycles.